The molecule has 0 spiro atoms. The first-order valence-electron chi connectivity index (χ1n) is 7.08. The van der Waals surface area contributed by atoms with Crippen molar-refractivity contribution in [3.05, 3.63) is 26.5 Å². The van der Waals surface area contributed by atoms with Gasteiger partial charge in [0.15, 0.2) is 4.77 Å². The van der Waals surface area contributed by atoms with Crippen molar-refractivity contribution in [2.75, 3.05) is 0 Å². The first-order valence-corrected chi connectivity index (χ1v) is 8.57. The molecule has 1 N–H and O–H groups in total. The second-order valence-corrected chi connectivity index (χ2v) is 7.19. The number of rotatable bonds is 2. The molecule has 1 fully saturated rings. The van der Waals surface area contributed by atoms with Gasteiger partial charge in [0, 0.05) is 9.61 Å². The summed E-state index contributed by atoms with van der Waals surface area (Å²) in [5.74, 6) is 0.870. The Bertz CT molecular complexity index is 643. The lowest BCUT2D eigenvalue weighted by atomic mass is 9.84. The second-order valence-electron chi connectivity index (χ2n) is 5.56. The number of H-pyrrole nitrogens is 1. The predicted octanol–water partition coefficient (Wildman–Crippen LogP) is 5.44. The zero-order valence-electron chi connectivity index (χ0n) is 11.2. The number of hydrogen-bond acceptors (Lipinski definition) is 1. The maximum Gasteiger partial charge on any atom is 0.178 e. The smallest absolute Gasteiger partial charge is 0.178 e. The summed E-state index contributed by atoms with van der Waals surface area (Å²) in [5, 5.41) is 0. The molecule has 2 atom stereocenters. The third kappa shape index (κ3) is 2.61. The van der Waals surface area contributed by atoms with E-state index in [1.54, 1.807) is 0 Å². The Hall–Kier alpha value is -0.360. The van der Waals surface area contributed by atoms with Gasteiger partial charge in [0.05, 0.1) is 11.0 Å². The van der Waals surface area contributed by atoms with Crippen LogP contribution >= 0.6 is 34.8 Å². The van der Waals surface area contributed by atoms with Crippen LogP contribution in [0.2, 0.25) is 0 Å². The largest absolute Gasteiger partial charge is 0.331 e. The Labute approximate surface area is 132 Å². The molecule has 102 valence electrons. The lowest BCUT2D eigenvalue weighted by Crippen LogP contribution is -2.19. The van der Waals surface area contributed by atoms with E-state index in [0.717, 1.165) is 10.7 Å². The molecule has 1 aliphatic rings. The number of aromatic amines is 1. The number of hydrogen-bond donors (Lipinski definition) is 1. The van der Waals surface area contributed by atoms with Crippen molar-refractivity contribution < 1.29 is 0 Å². The molecule has 1 heterocycles. The summed E-state index contributed by atoms with van der Waals surface area (Å²) in [6.07, 6.45) is 6.57. The van der Waals surface area contributed by atoms with Crippen molar-refractivity contribution in [1.82, 2.24) is 9.55 Å². The first kappa shape index (κ1) is 13.6. The van der Waals surface area contributed by atoms with Gasteiger partial charge in [-0.15, -0.1) is 0 Å². The number of halogens is 1. The molecular weight excluding hydrogens is 367 g/mol. The van der Waals surface area contributed by atoms with Gasteiger partial charge in [0.25, 0.3) is 0 Å². The molecule has 1 aromatic heterocycles. The van der Waals surface area contributed by atoms with Gasteiger partial charge < -0.3 is 9.55 Å². The normalized spacial score (nSPS) is 23.9. The van der Waals surface area contributed by atoms with E-state index < -0.39 is 0 Å². The van der Waals surface area contributed by atoms with Gasteiger partial charge in [-0.1, -0.05) is 26.2 Å². The highest BCUT2D eigenvalue weighted by Gasteiger charge is 2.23. The molecule has 0 bridgehead atoms. The standard InChI is InChI=1S/C15H19IN2S/c1-2-10-4-3-5-12(8-10)18-14-7-6-11(16)9-13(14)17-15(18)19/h6-7,9-10,12H,2-5,8H2,1H3,(H,17,19). The summed E-state index contributed by atoms with van der Waals surface area (Å²) >= 11 is 7.91. The second kappa shape index (κ2) is 5.56. The number of fused-ring (bicyclic) bond motifs is 1. The molecule has 1 aliphatic carbocycles. The molecule has 0 saturated heterocycles. The molecule has 19 heavy (non-hydrogen) atoms. The summed E-state index contributed by atoms with van der Waals surface area (Å²) in [4.78, 5) is 3.37. The summed E-state index contributed by atoms with van der Waals surface area (Å²) in [6, 6.07) is 7.14. The summed E-state index contributed by atoms with van der Waals surface area (Å²) in [5.41, 5.74) is 2.45. The Morgan fingerprint density at radius 2 is 2.26 bits per heavy atom. The van der Waals surface area contributed by atoms with Crippen LogP contribution in [0.25, 0.3) is 11.0 Å². The average Bonchev–Trinajstić information content (AvgIpc) is 2.73. The molecule has 3 rings (SSSR count). The fourth-order valence-corrected chi connectivity index (χ4v) is 4.18. The van der Waals surface area contributed by atoms with Crippen LogP contribution in [-0.4, -0.2) is 9.55 Å². The van der Waals surface area contributed by atoms with Crippen molar-refractivity contribution in [1.29, 1.82) is 0 Å². The van der Waals surface area contributed by atoms with E-state index in [-0.39, 0.29) is 0 Å². The molecule has 4 heteroatoms. The molecule has 2 aromatic rings. The van der Waals surface area contributed by atoms with Gasteiger partial charge in [-0.25, -0.2) is 0 Å². The number of imidazole rings is 1. The van der Waals surface area contributed by atoms with Gasteiger partial charge in [0.2, 0.25) is 0 Å². The fraction of sp³-hybridized carbons (Fsp3) is 0.533. The molecule has 0 amide bonds. The monoisotopic (exact) mass is 386 g/mol. The van der Waals surface area contributed by atoms with Crippen LogP contribution < -0.4 is 0 Å². The quantitative estimate of drug-likeness (QED) is 0.538. The van der Waals surface area contributed by atoms with Crippen molar-refractivity contribution >= 4 is 45.8 Å². The predicted molar refractivity (Wildman–Crippen MR) is 91.1 cm³/mol. The third-order valence-corrected chi connectivity index (χ3v) is 5.35. The van der Waals surface area contributed by atoms with Crippen LogP contribution in [-0.2, 0) is 0 Å². The third-order valence-electron chi connectivity index (χ3n) is 4.38. The zero-order chi connectivity index (χ0) is 13.4. The molecule has 0 radical (unpaired) electrons. The minimum absolute atomic E-state index is 0.583. The Morgan fingerprint density at radius 3 is 3.05 bits per heavy atom. The van der Waals surface area contributed by atoms with Gasteiger partial charge >= 0.3 is 0 Å². The SMILES string of the molecule is CCC1CCCC(n2c(=S)[nH]c3cc(I)ccc32)C1. The molecule has 2 nitrogen and oxygen atoms in total. The van der Waals surface area contributed by atoms with E-state index in [0.29, 0.717) is 6.04 Å². The van der Waals surface area contributed by atoms with Gasteiger partial charge in [0.1, 0.15) is 0 Å². The van der Waals surface area contributed by atoms with Gasteiger partial charge in [-0.3, -0.25) is 0 Å². The number of aromatic nitrogens is 2. The number of benzene rings is 1. The molecule has 1 aromatic carbocycles. The Balaban J connectivity index is 2.04. The minimum atomic E-state index is 0.583. The topological polar surface area (TPSA) is 20.7 Å². The van der Waals surface area contributed by atoms with Crippen LogP contribution in [0.15, 0.2) is 18.2 Å². The summed E-state index contributed by atoms with van der Waals surface area (Å²) in [7, 11) is 0. The lowest BCUT2D eigenvalue weighted by molar-refractivity contribution is 0.264. The van der Waals surface area contributed by atoms with Crippen molar-refractivity contribution in [2.24, 2.45) is 5.92 Å². The van der Waals surface area contributed by atoms with Gasteiger partial charge in [-0.2, -0.15) is 0 Å². The van der Waals surface area contributed by atoms with Crippen molar-refractivity contribution in [2.45, 2.75) is 45.1 Å². The maximum atomic E-state index is 5.56. The van der Waals surface area contributed by atoms with Crippen molar-refractivity contribution in [3.63, 3.8) is 0 Å². The van der Waals surface area contributed by atoms with Crippen LogP contribution in [0.4, 0.5) is 0 Å². The van der Waals surface area contributed by atoms with E-state index in [9.17, 15) is 0 Å². The highest BCUT2D eigenvalue weighted by atomic mass is 127. The molecular formula is C15H19IN2S. The van der Waals surface area contributed by atoms with E-state index in [1.165, 1.54) is 46.7 Å². The molecule has 0 aliphatic heterocycles. The highest BCUT2D eigenvalue weighted by molar-refractivity contribution is 14.1. The number of nitrogens with zero attached hydrogens (tertiary/aromatic N) is 1. The van der Waals surface area contributed by atoms with Gasteiger partial charge in [-0.05, 0) is 71.8 Å². The van der Waals surface area contributed by atoms with Crippen LogP contribution in [0.3, 0.4) is 0 Å². The average molecular weight is 386 g/mol. The van der Waals surface area contributed by atoms with E-state index in [1.807, 2.05) is 0 Å². The Morgan fingerprint density at radius 1 is 1.42 bits per heavy atom. The number of nitrogens with one attached hydrogen (secondary N) is 1. The minimum Gasteiger partial charge on any atom is -0.331 e. The molecule has 2 unspecified atom stereocenters. The zero-order valence-corrected chi connectivity index (χ0v) is 14.1. The first-order chi connectivity index (χ1) is 9.19. The van der Waals surface area contributed by atoms with E-state index in [4.69, 9.17) is 12.2 Å². The Kier molecular flexibility index (Phi) is 3.98. The molecule has 1 saturated carbocycles. The fourth-order valence-electron chi connectivity index (χ4n) is 3.33. The van der Waals surface area contributed by atoms with Crippen molar-refractivity contribution in [3.8, 4) is 0 Å². The summed E-state index contributed by atoms with van der Waals surface area (Å²) < 4.78 is 4.50. The van der Waals surface area contributed by atoms with Crippen LogP contribution in [0.1, 0.15) is 45.1 Å². The maximum absolute atomic E-state index is 5.56. The van der Waals surface area contributed by atoms with Crippen LogP contribution in [0.5, 0.6) is 0 Å². The van der Waals surface area contributed by atoms with E-state index in [2.05, 4.69) is 57.3 Å². The highest BCUT2D eigenvalue weighted by Crippen LogP contribution is 2.36. The van der Waals surface area contributed by atoms with E-state index >= 15 is 0 Å². The summed E-state index contributed by atoms with van der Waals surface area (Å²) in [6.45, 7) is 2.31. The van der Waals surface area contributed by atoms with Crippen LogP contribution in [0, 0.1) is 14.3 Å². The lowest BCUT2D eigenvalue weighted by Gasteiger charge is -2.29.